The number of anilines is 3. The second kappa shape index (κ2) is 11.9. The fraction of sp³-hybridized carbons (Fsp3) is 0.400. The zero-order valence-electron chi connectivity index (χ0n) is 23.8. The number of nitrogens with one attached hydrogen (secondary N) is 1. The standard InChI is InChI=1S/C30H33F2N9O2/c1-2-18-13-34-30(35-14-18)39-10-7-21(8-11-39)41-16-23(32)25-27(36-17-37-28(25)41)38-24-6-5-19(12-22(24)31)29(43)40-9-3-4-20(15-40)26(33)42/h5-6,12-14,16-17,20-21H,2-4,7-11,15H2,1H3,(H2,33,42)(H,36,37,38). The summed E-state index contributed by atoms with van der Waals surface area (Å²) in [6, 6.07) is 4.05. The van der Waals surface area contributed by atoms with Crippen molar-refractivity contribution in [3.05, 3.63) is 65.9 Å². The Kier molecular flexibility index (Phi) is 7.87. The first-order valence-corrected chi connectivity index (χ1v) is 14.5. The molecule has 1 aromatic carbocycles. The van der Waals surface area contributed by atoms with E-state index in [-0.39, 0.29) is 40.9 Å². The minimum Gasteiger partial charge on any atom is -0.369 e. The predicted octanol–water partition coefficient (Wildman–Crippen LogP) is 3.98. The van der Waals surface area contributed by atoms with E-state index in [9.17, 15) is 9.59 Å². The van der Waals surface area contributed by atoms with Gasteiger partial charge in [-0.15, -0.1) is 0 Å². The fourth-order valence-electron chi connectivity index (χ4n) is 5.90. The maximum atomic E-state index is 15.4. The molecular weight excluding hydrogens is 556 g/mol. The van der Waals surface area contributed by atoms with Crippen molar-refractivity contribution in [1.82, 2.24) is 29.4 Å². The number of nitrogens with zero attached hydrogens (tertiary/aromatic N) is 7. The average Bonchev–Trinajstić information content (AvgIpc) is 3.38. The lowest BCUT2D eigenvalue weighted by Crippen LogP contribution is -2.44. The molecule has 43 heavy (non-hydrogen) atoms. The highest BCUT2D eigenvalue weighted by molar-refractivity contribution is 5.95. The van der Waals surface area contributed by atoms with Gasteiger partial charge < -0.3 is 25.4 Å². The molecule has 3 N–H and O–H groups in total. The highest BCUT2D eigenvalue weighted by Gasteiger charge is 2.29. The van der Waals surface area contributed by atoms with Crippen molar-refractivity contribution in [3.63, 3.8) is 0 Å². The molecule has 2 aliphatic heterocycles. The minimum atomic E-state index is -0.692. The second-order valence-electron chi connectivity index (χ2n) is 11.1. The summed E-state index contributed by atoms with van der Waals surface area (Å²) in [5.41, 5.74) is 7.11. The van der Waals surface area contributed by atoms with E-state index in [0.717, 1.165) is 30.9 Å². The summed E-state index contributed by atoms with van der Waals surface area (Å²) in [6.07, 6.45) is 10.1. The largest absolute Gasteiger partial charge is 0.369 e. The molecule has 5 heterocycles. The molecule has 0 spiro atoms. The van der Waals surface area contributed by atoms with Gasteiger partial charge in [0.05, 0.1) is 17.0 Å². The molecule has 0 bridgehead atoms. The van der Waals surface area contributed by atoms with Crippen molar-refractivity contribution < 1.29 is 18.4 Å². The van der Waals surface area contributed by atoms with Crippen molar-refractivity contribution in [1.29, 1.82) is 0 Å². The SMILES string of the molecule is CCc1cnc(N2CCC(n3cc(F)c4c(Nc5ccc(C(=O)N6CCCC(C(N)=O)C6)cc5F)ncnc43)CC2)nc1. The van der Waals surface area contributed by atoms with Crippen LogP contribution in [0.3, 0.4) is 0 Å². The Morgan fingerprint density at radius 1 is 1.02 bits per heavy atom. The second-order valence-corrected chi connectivity index (χ2v) is 11.1. The number of aromatic nitrogens is 5. The van der Waals surface area contributed by atoms with E-state index < -0.39 is 23.5 Å². The van der Waals surface area contributed by atoms with Gasteiger partial charge in [-0.25, -0.2) is 28.7 Å². The average molecular weight is 590 g/mol. The first kappa shape index (κ1) is 28.4. The molecule has 3 aromatic heterocycles. The molecule has 6 rings (SSSR count). The number of rotatable bonds is 7. The van der Waals surface area contributed by atoms with Gasteiger partial charge in [-0.05, 0) is 55.9 Å². The molecule has 11 nitrogen and oxygen atoms in total. The van der Waals surface area contributed by atoms with E-state index in [1.54, 1.807) is 0 Å². The molecule has 224 valence electrons. The fourth-order valence-corrected chi connectivity index (χ4v) is 5.90. The number of benzene rings is 1. The van der Waals surface area contributed by atoms with Crippen LogP contribution in [0.1, 0.15) is 54.6 Å². The zero-order valence-corrected chi connectivity index (χ0v) is 23.8. The first-order chi connectivity index (χ1) is 20.8. The molecule has 0 radical (unpaired) electrons. The van der Waals surface area contributed by atoms with Gasteiger partial charge in [0.25, 0.3) is 5.91 Å². The molecule has 0 aliphatic carbocycles. The van der Waals surface area contributed by atoms with Crippen LogP contribution in [0, 0.1) is 17.6 Å². The van der Waals surface area contributed by atoms with Gasteiger partial charge in [0.1, 0.15) is 23.6 Å². The van der Waals surface area contributed by atoms with E-state index in [1.807, 2.05) is 17.0 Å². The van der Waals surface area contributed by atoms with Gasteiger partial charge in [0, 0.05) is 56.4 Å². The van der Waals surface area contributed by atoms with Crippen LogP contribution in [-0.4, -0.2) is 67.4 Å². The van der Waals surface area contributed by atoms with Crippen LogP contribution in [0.15, 0.2) is 43.1 Å². The van der Waals surface area contributed by atoms with Crippen molar-refractivity contribution >= 4 is 40.3 Å². The Bertz CT molecular complexity index is 1650. The van der Waals surface area contributed by atoms with Crippen molar-refractivity contribution in [2.45, 2.75) is 45.1 Å². The maximum absolute atomic E-state index is 15.4. The lowest BCUT2D eigenvalue weighted by Gasteiger charge is -2.32. The van der Waals surface area contributed by atoms with Crippen LogP contribution < -0.4 is 16.0 Å². The summed E-state index contributed by atoms with van der Waals surface area (Å²) >= 11 is 0. The quantitative estimate of drug-likeness (QED) is 0.331. The topological polar surface area (TPSA) is 135 Å². The Morgan fingerprint density at radius 2 is 1.79 bits per heavy atom. The summed E-state index contributed by atoms with van der Waals surface area (Å²) in [5, 5.41) is 3.05. The molecular formula is C30H33F2N9O2. The number of likely N-dealkylation sites (tertiary alicyclic amines) is 1. The van der Waals surface area contributed by atoms with Crippen molar-refractivity contribution in [2.75, 3.05) is 36.4 Å². The van der Waals surface area contributed by atoms with Gasteiger partial charge in [-0.1, -0.05) is 6.92 Å². The molecule has 0 saturated carbocycles. The summed E-state index contributed by atoms with van der Waals surface area (Å²) in [4.78, 5) is 45.8. The number of aryl methyl sites for hydroxylation is 1. The number of hydrogen-bond acceptors (Lipinski definition) is 8. The number of fused-ring (bicyclic) bond motifs is 1. The van der Waals surface area contributed by atoms with Crippen molar-refractivity contribution in [3.8, 4) is 0 Å². The normalized spacial score (nSPS) is 17.8. The monoisotopic (exact) mass is 589 g/mol. The van der Waals surface area contributed by atoms with Gasteiger partial charge in [0.15, 0.2) is 5.82 Å². The minimum absolute atomic E-state index is 0.00639. The summed E-state index contributed by atoms with van der Waals surface area (Å²) < 4.78 is 32.4. The van der Waals surface area contributed by atoms with Crippen LogP contribution in [0.25, 0.3) is 11.0 Å². The van der Waals surface area contributed by atoms with Crippen LogP contribution in [0.2, 0.25) is 0 Å². The van der Waals surface area contributed by atoms with Crippen LogP contribution in [0.4, 0.5) is 26.2 Å². The summed E-state index contributed by atoms with van der Waals surface area (Å²) in [7, 11) is 0. The van der Waals surface area contributed by atoms with Crippen LogP contribution in [-0.2, 0) is 11.2 Å². The lowest BCUT2D eigenvalue weighted by molar-refractivity contribution is -0.123. The number of carbonyl (C=O) groups is 2. The van der Waals surface area contributed by atoms with Gasteiger partial charge in [-0.3, -0.25) is 9.59 Å². The Labute approximate surface area is 247 Å². The van der Waals surface area contributed by atoms with Crippen LogP contribution >= 0.6 is 0 Å². The Morgan fingerprint density at radius 3 is 2.49 bits per heavy atom. The number of hydrogen-bond donors (Lipinski definition) is 2. The third-order valence-corrected chi connectivity index (χ3v) is 8.38. The van der Waals surface area contributed by atoms with Gasteiger partial charge >= 0.3 is 0 Å². The van der Waals surface area contributed by atoms with Crippen LogP contribution in [0.5, 0.6) is 0 Å². The Hall–Kier alpha value is -4.68. The van der Waals surface area contributed by atoms with E-state index in [4.69, 9.17) is 5.73 Å². The number of primary amides is 1. The summed E-state index contributed by atoms with van der Waals surface area (Å²) in [5.74, 6) is -1.62. The first-order valence-electron chi connectivity index (χ1n) is 14.5. The molecule has 2 saturated heterocycles. The smallest absolute Gasteiger partial charge is 0.253 e. The summed E-state index contributed by atoms with van der Waals surface area (Å²) in [6.45, 7) is 4.17. The molecule has 13 heteroatoms. The molecule has 2 amide bonds. The third kappa shape index (κ3) is 5.71. The van der Waals surface area contributed by atoms with E-state index in [2.05, 4.69) is 37.1 Å². The van der Waals surface area contributed by atoms with E-state index in [0.29, 0.717) is 44.1 Å². The maximum Gasteiger partial charge on any atom is 0.253 e. The number of halogens is 2. The number of amides is 2. The van der Waals surface area contributed by atoms with E-state index >= 15 is 8.78 Å². The molecule has 4 aromatic rings. The molecule has 1 unspecified atom stereocenters. The number of nitrogens with two attached hydrogens (primary N) is 1. The van der Waals surface area contributed by atoms with Gasteiger partial charge in [0.2, 0.25) is 11.9 Å². The van der Waals surface area contributed by atoms with Crippen molar-refractivity contribution in [2.24, 2.45) is 11.7 Å². The van der Waals surface area contributed by atoms with E-state index in [1.165, 1.54) is 29.6 Å². The third-order valence-electron chi connectivity index (χ3n) is 8.38. The number of carbonyl (C=O) groups excluding carboxylic acids is 2. The molecule has 2 fully saturated rings. The lowest BCUT2D eigenvalue weighted by atomic mass is 9.97. The Balaban J connectivity index is 1.17. The highest BCUT2D eigenvalue weighted by Crippen LogP contribution is 2.33. The molecule has 1 atom stereocenters. The van der Waals surface area contributed by atoms with Gasteiger partial charge in [-0.2, -0.15) is 0 Å². The number of piperidine rings is 2. The highest BCUT2D eigenvalue weighted by atomic mass is 19.1. The zero-order chi connectivity index (χ0) is 30.1. The molecule has 2 aliphatic rings. The predicted molar refractivity (Wildman–Crippen MR) is 157 cm³/mol.